The van der Waals surface area contributed by atoms with Crippen LogP contribution in [-0.2, 0) is 9.47 Å². The van der Waals surface area contributed by atoms with Gasteiger partial charge in [0.1, 0.15) is 23.6 Å². The third-order valence-electron chi connectivity index (χ3n) is 6.68. The van der Waals surface area contributed by atoms with Gasteiger partial charge in [0.2, 0.25) is 0 Å². The van der Waals surface area contributed by atoms with E-state index in [2.05, 4.69) is 20.9 Å². The van der Waals surface area contributed by atoms with Crippen molar-refractivity contribution in [1.82, 2.24) is 34.0 Å². The molecule has 0 radical (unpaired) electrons. The fourth-order valence-corrected chi connectivity index (χ4v) is 4.79. The number of hydrogen-bond donors (Lipinski definition) is 0. The normalized spacial score (nSPS) is 16.4. The number of amides is 1. The summed E-state index contributed by atoms with van der Waals surface area (Å²) in [7, 11) is 0. The van der Waals surface area contributed by atoms with Crippen molar-refractivity contribution in [3.05, 3.63) is 61.0 Å². The molecule has 11 nitrogen and oxygen atoms in total. The van der Waals surface area contributed by atoms with E-state index in [0.29, 0.717) is 26.3 Å². The van der Waals surface area contributed by atoms with E-state index in [9.17, 15) is 4.79 Å². The molecule has 4 aromatic rings. The molecular formula is C28H32N8O3. The largest absolute Gasteiger partial charge is 0.444 e. The zero-order valence-corrected chi connectivity index (χ0v) is 22.4. The number of aromatic nitrogens is 6. The quantitative estimate of drug-likeness (QED) is 0.394. The average molecular weight is 529 g/mol. The van der Waals surface area contributed by atoms with Gasteiger partial charge in [-0.05, 0) is 44.9 Å². The third-order valence-corrected chi connectivity index (χ3v) is 6.68. The SMILES string of the molecule is CC(C)(C)OC(=O)N1CCC=C(c2cn(-c3cc(N4CCOCC4)n4nc(-c5ccncc5)cc4n3)cn2)C1. The smallest absolute Gasteiger partial charge is 0.410 e. The molecule has 6 heterocycles. The number of pyridine rings is 1. The fourth-order valence-electron chi connectivity index (χ4n) is 4.79. The van der Waals surface area contributed by atoms with Gasteiger partial charge in [-0.2, -0.15) is 9.61 Å². The molecule has 0 bridgehead atoms. The Morgan fingerprint density at radius 2 is 1.85 bits per heavy atom. The average Bonchev–Trinajstić information content (AvgIpc) is 3.61. The highest BCUT2D eigenvalue weighted by molar-refractivity contribution is 5.74. The highest BCUT2D eigenvalue weighted by Gasteiger charge is 2.26. The Hall–Kier alpha value is -4.25. The zero-order valence-electron chi connectivity index (χ0n) is 22.4. The molecule has 0 atom stereocenters. The van der Waals surface area contributed by atoms with Gasteiger partial charge in [-0.15, -0.1) is 0 Å². The number of anilines is 1. The van der Waals surface area contributed by atoms with Crippen molar-refractivity contribution in [2.24, 2.45) is 0 Å². The zero-order chi connectivity index (χ0) is 27.0. The van der Waals surface area contributed by atoms with Crippen molar-refractivity contribution in [1.29, 1.82) is 0 Å². The number of imidazole rings is 1. The summed E-state index contributed by atoms with van der Waals surface area (Å²) in [5.74, 6) is 1.69. The van der Waals surface area contributed by atoms with Gasteiger partial charge in [0, 0.05) is 55.9 Å². The minimum Gasteiger partial charge on any atom is -0.444 e. The Morgan fingerprint density at radius 1 is 1.05 bits per heavy atom. The van der Waals surface area contributed by atoms with Gasteiger partial charge in [-0.25, -0.2) is 14.8 Å². The standard InChI is InChI=1S/C28H32N8O3/c1-28(2,3)39-27(37)34-10-4-5-21(17-34)23-18-35(19-30-23)24-16-26(33-11-13-38-14-12-33)36-25(31-24)15-22(32-36)20-6-8-29-9-7-20/h5-9,15-16,18-19H,4,10-14,17H2,1-3H3. The molecule has 0 spiro atoms. The van der Waals surface area contributed by atoms with Crippen LogP contribution in [0.5, 0.6) is 0 Å². The van der Waals surface area contributed by atoms with Gasteiger partial charge in [0.05, 0.1) is 31.1 Å². The Bertz CT molecular complexity index is 1510. The van der Waals surface area contributed by atoms with Crippen LogP contribution < -0.4 is 4.90 Å². The lowest BCUT2D eigenvalue weighted by Gasteiger charge is -2.29. The Morgan fingerprint density at radius 3 is 2.62 bits per heavy atom. The maximum Gasteiger partial charge on any atom is 0.410 e. The lowest BCUT2D eigenvalue weighted by atomic mass is 10.1. The Kier molecular flexibility index (Phi) is 6.51. The fraction of sp³-hybridized carbons (Fsp3) is 0.393. The molecule has 2 aliphatic rings. The summed E-state index contributed by atoms with van der Waals surface area (Å²) in [6.07, 6.45) is 9.84. The second kappa shape index (κ2) is 10.1. The van der Waals surface area contributed by atoms with Gasteiger partial charge < -0.3 is 19.3 Å². The highest BCUT2D eigenvalue weighted by Crippen LogP contribution is 2.27. The van der Waals surface area contributed by atoms with Crippen molar-refractivity contribution in [2.75, 3.05) is 44.3 Å². The van der Waals surface area contributed by atoms with E-state index in [0.717, 1.165) is 59.3 Å². The summed E-state index contributed by atoms with van der Waals surface area (Å²) in [4.78, 5) is 30.4. The number of carbonyl (C=O) groups excluding carboxylic acids is 1. The van der Waals surface area contributed by atoms with Crippen molar-refractivity contribution in [2.45, 2.75) is 32.8 Å². The molecule has 11 heteroatoms. The predicted molar refractivity (Wildman–Crippen MR) is 147 cm³/mol. The van der Waals surface area contributed by atoms with Gasteiger partial charge in [-0.3, -0.25) is 9.55 Å². The molecule has 0 N–H and O–H groups in total. The molecule has 1 amide bonds. The summed E-state index contributed by atoms with van der Waals surface area (Å²) in [5.41, 5.74) is 3.82. The number of ether oxygens (including phenoxy) is 2. The molecule has 4 aromatic heterocycles. The van der Waals surface area contributed by atoms with Crippen molar-refractivity contribution >= 4 is 23.1 Å². The van der Waals surface area contributed by atoms with E-state index in [4.69, 9.17) is 19.6 Å². The Labute approximate surface area is 226 Å². The minimum atomic E-state index is -0.534. The van der Waals surface area contributed by atoms with Crippen molar-refractivity contribution in [3.63, 3.8) is 0 Å². The molecule has 0 saturated carbocycles. The maximum atomic E-state index is 12.6. The van der Waals surface area contributed by atoms with Crippen LogP contribution >= 0.6 is 0 Å². The first-order valence-electron chi connectivity index (χ1n) is 13.2. The van der Waals surface area contributed by atoms with Crippen molar-refractivity contribution < 1.29 is 14.3 Å². The molecule has 0 unspecified atom stereocenters. The summed E-state index contributed by atoms with van der Waals surface area (Å²) >= 11 is 0. The number of nitrogens with zero attached hydrogens (tertiary/aromatic N) is 8. The van der Waals surface area contributed by atoms with Gasteiger partial charge >= 0.3 is 6.09 Å². The Balaban J connectivity index is 1.32. The van der Waals surface area contributed by atoms with Crippen LogP contribution in [0, 0.1) is 0 Å². The molecular weight excluding hydrogens is 496 g/mol. The second-order valence-electron chi connectivity index (χ2n) is 10.7. The number of morpholine rings is 1. The topological polar surface area (TPSA) is 103 Å². The van der Waals surface area contributed by atoms with E-state index < -0.39 is 5.60 Å². The second-order valence-corrected chi connectivity index (χ2v) is 10.7. The monoisotopic (exact) mass is 528 g/mol. The van der Waals surface area contributed by atoms with E-state index in [1.165, 1.54) is 0 Å². The van der Waals surface area contributed by atoms with Crippen molar-refractivity contribution in [3.8, 4) is 17.1 Å². The lowest BCUT2D eigenvalue weighted by molar-refractivity contribution is 0.0273. The molecule has 0 aromatic carbocycles. The van der Waals surface area contributed by atoms with Crippen LogP contribution in [0.2, 0.25) is 0 Å². The van der Waals surface area contributed by atoms with E-state index in [1.807, 2.05) is 60.3 Å². The minimum absolute atomic E-state index is 0.305. The number of fused-ring (bicyclic) bond motifs is 1. The van der Waals surface area contributed by atoms with Gasteiger partial charge in [0.25, 0.3) is 0 Å². The molecule has 1 saturated heterocycles. The lowest BCUT2D eigenvalue weighted by Crippen LogP contribution is -2.39. The summed E-state index contributed by atoms with van der Waals surface area (Å²) in [5, 5.41) is 4.88. The number of hydrogen-bond acceptors (Lipinski definition) is 8. The molecule has 0 aliphatic carbocycles. The van der Waals surface area contributed by atoms with E-state index in [1.54, 1.807) is 23.6 Å². The van der Waals surface area contributed by atoms with Crippen LogP contribution in [0.25, 0.3) is 28.3 Å². The molecule has 2 aliphatic heterocycles. The van der Waals surface area contributed by atoms with Crippen LogP contribution in [-0.4, -0.2) is 85.1 Å². The first-order chi connectivity index (χ1) is 18.8. The van der Waals surface area contributed by atoms with Crippen LogP contribution in [0.3, 0.4) is 0 Å². The van der Waals surface area contributed by atoms with E-state index in [-0.39, 0.29) is 6.09 Å². The van der Waals surface area contributed by atoms with E-state index >= 15 is 0 Å². The molecule has 6 rings (SSSR count). The number of carbonyl (C=O) groups is 1. The predicted octanol–water partition coefficient (Wildman–Crippen LogP) is 3.84. The molecule has 1 fully saturated rings. The summed E-state index contributed by atoms with van der Waals surface area (Å²) in [6.45, 7) is 9.58. The van der Waals surface area contributed by atoms with Crippen LogP contribution in [0.15, 0.2) is 55.3 Å². The number of rotatable bonds is 4. The van der Waals surface area contributed by atoms with Gasteiger partial charge in [-0.1, -0.05) is 6.08 Å². The maximum absolute atomic E-state index is 12.6. The summed E-state index contributed by atoms with van der Waals surface area (Å²) < 4.78 is 15.0. The first kappa shape index (κ1) is 25.1. The summed E-state index contributed by atoms with van der Waals surface area (Å²) in [6, 6.07) is 7.91. The first-order valence-corrected chi connectivity index (χ1v) is 13.2. The molecule has 39 heavy (non-hydrogen) atoms. The van der Waals surface area contributed by atoms with Gasteiger partial charge in [0.15, 0.2) is 5.65 Å². The molecule has 202 valence electrons. The van der Waals surface area contributed by atoms with Crippen LogP contribution in [0.4, 0.5) is 10.6 Å². The third kappa shape index (κ3) is 5.35. The highest BCUT2D eigenvalue weighted by atomic mass is 16.6. The van der Waals surface area contributed by atoms with Crippen LogP contribution in [0.1, 0.15) is 32.9 Å².